The monoisotopic (exact) mass is 257 g/mol. The molecule has 0 radical (unpaired) electrons. The van der Waals surface area contributed by atoms with Gasteiger partial charge in [-0.05, 0) is 38.0 Å². The highest BCUT2D eigenvalue weighted by atomic mass is 15.3. The maximum Gasteiger partial charge on any atom is 0.0542 e. The van der Waals surface area contributed by atoms with Crippen LogP contribution in [0, 0.1) is 0 Å². The molecule has 0 spiro atoms. The maximum atomic E-state index is 4.31. The molecular weight excluding hydrogens is 234 g/mol. The summed E-state index contributed by atoms with van der Waals surface area (Å²) in [6.45, 7) is 7.39. The number of aryl methyl sites for hydroxylation is 2. The van der Waals surface area contributed by atoms with E-state index in [-0.39, 0.29) is 6.04 Å². The van der Waals surface area contributed by atoms with E-state index in [0.717, 1.165) is 18.7 Å². The SMILES string of the molecule is CCCc1ccc(NC(C)c2cnn(CC)c2)cc1. The lowest BCUT2D eigenvalue weighted by Gasteiger charge is -2.14. The van der Waals surface area contributed by atoms with E-state index in [9.17, 15) is 0 Å². The number of benzene rings is 1. The average molecular weight is 257 g/mol. The molecule has 0 aliphatic carbocycles. The molecule has 3 nitrogen and oxygen atoms in total. The smallest absolute Gasteiger partial charge is 0.0542 e. The second-order valence-electron chi connectivity index (χ2n) is 4.94. The predicted octanol–water partition coefficient (Wildman–Crippen LogP) is 4.03. The van der Waals surface area contributed by atoms with Gasteiger partial charge in [0, 0.05) is 24.0 Å². The molecule has 102 valence electrons. The van der Waals surface area contributed by atoms with Gasteiger partial charge in [0.1, 0.15) is 0 Å². The Hall–Kier alpha value is -1.77. The van der Waals surface area contributed by atoms with Gasteiger partial charge in [0.2, 0.25) is 0 Å². The normalized spacial score (nSPS) is 12.4. The van der Waals surface area contributed by atoms with Crippen molar-refractivity contribution in [2.45, 2.75) is 46.2 Å². The van der Waals surface area contributed by atoms with Crippen molar-refractivity contribution in [2.75, 3.05) is 5.32 Å². The Morgan fingerprint density at radius 2 is 1.95 bits per heavy atom. The molecule has 0 saturated carbocycles. The summed E-state index contributed by atoms with van der Waals surface area (Å²) in [6, 6.07) is 9.00. The average Bonchev–Trinajstić information content (AvgIpc) is 2.90. The molecule has 0 fully saturated rings. The Bertz CT molecular complexity index is 499. The van der Waals surface area contributed by atoms with Crippen molar-refractivity contribution in [1.82, 2.24) is 9.78 Å². The lowest BCUT2D eigenvalue weighted by atomic mass is 10.1. The van der Waals surface area contributed by atoms with Gasteiger partial charge in [0.05, 0.1) is 12.2 Å². The molecule has 3 heteroatoms. The lowest BCUT2D eigenvalue weighted by molar-refractivity contribution is 0.658. The fourth-order valence-electron chi connectivity index (χ4n) is 2.17. The molecule has 1 heterocycles. The zero-order chi connectivity index (χ0) is 13.7. The van der Waals surface area contributed by atoms with E-state index in [1.165, 1.54) is 17.5 Å². The molecule has 1 atom stereocenters. The van der Waals surface area contributed by atoms with Gasteiger partial charge in [-0.1, -0.05) is 25.5 Å². The maximum absolute atomic E-state index is 4.31. The Morgan fingerprint density at radius 1 is 1.21 bits per heavy atom. The molecule has 0 aliphatic rings. The standard InChI is InChI=1S/C16H23N3/c1-4-6-14-7-9-16(10-8-14)18-13(3)15-11-17-19(5-2)12-15/h7-13,18H,4-6H2,1-3H3. The molecule has 0 saturated heterocycles. The molecule has 0 bridgehead atoms. The highest BCUT2D eigenvalue weighted by Gasteiger charge is 2.07. The zero-order valence-electron chi connectivity index (χ0n) is 12.1. The van der Waals surface area contributed by atoms with Crippen molar-refractivity contribution in [3.8, 4) is 0 Å². The predicted molar refractivity (Wildman–Crippen MR) is 80.4 cm³/mol. The fraction of sp³-hybridized carbons (Fsp3) is 0.438. The van der Waals surface area contributed by atoms with Gasteiger partial charge < -0.3 is 5.32 Å². The van der Waals surface area contributed by atoms with Gasteiger partial charge in [-0.2, -0.15) is 5.10 Å². The van der Waals surface area contributed by atoms with Gasteiger partial charge in [-0.15, -0.1) is 0 Å². The van der Waals surface area contributed by atoms with E-state index in [4.69, 9.17) is 0 Å². The van der Waals surface area contributed by atoms with Gasteiger partial charge in [-0.25, -0.2) is 0 Å². The Morgan fingerprint density at radius 3 is 2.53 bits per heavy atom. The summed E-state index contributed by atoms with van der Waals surface area (Å²) < 4.78 is 1.96. The van der Waals surface area contributed by atoms with Crippen molar-refractivity contribution in [1.29, 1.82) is 0 Å². The van der Waals surface area contributed by atoms with Crippen LogP contribution in [0.3, 0.4) is 0 Å². The minimum Gasteiger partial charge on any atom is -0.378 e. The van der Waals surface area contributed by atoms with E-state index in [1.807, 2.05) is 10.9 Å². The van der Waals surface area contributed by atoms with Crippen LogP contribution in [-0.4, -0.2) is 9.78 Å². The molecule has 1 aromatic carbocycles. The van der Waals surface area contributed by atoms with Crippen LogP contribution >= 0.6 is 0 Å². The molecule has 0 amide bonds. The highest BCUT2D eigenvalue weighted by Crippen LogP contribution is 2.19. The molecule has 1 aromatic heterocycles. The molecule has 0 aliphatic heterocycles. The number of hydrogen-bond acceptors (Lipinski definition) is 2. The largest absolute Gasteiger partial charge is 0.378 e. The van der Waals surface area contributed by atoms with Crippen LogP contribution in [0.5, 0.6) is 0 Å². The third-order valence-electron chi connectivity index (χ3n) is 3.35. The number of nitrogens with zero attached hydrogens (tertiary/aromatic N) is 2. The van der Waals surface area contributed by atoms with Crippen LogP contribution in [0.4, 0.5) is 5.69 Å². The fourth-order valence-corrected chi connectivity index (χ4v) is 2.17. The van der Waals surface area contributed by atoms with Crippen molar-refractivity contribution >= 4 is 5.69 Å². The first kappa shape index (κ1) is 13.7. The first-order chi connectivity index (χ1) is 9.22. The van der Waals surface area contributed by atoms with Crippen LogP contribution in [0.25, 0.3) is 0 Å². The van der Waals surface area contributed by atoms with E-state index < -0.39 is 0 Å². The van der Waals surface area contributed by atoms with Crippen molar-refractivity contribution in [2.24, 2.45) is 0 Å². The molecular formula is C16H23N3. The topological polar surface area (TPSA) is 29.9 Å². The summed E-state index contributed by atoms with van der Waals surface area (Å²) in [6.07, 6.45) is 6.38. The van der Waals surface area contributed by atoms with Crippen LogP contribution in [-0.2, 0) is 13.0 Å². The first-order valence-corrected chi connectivity index (χ1v) is 7.10. The number of nitrogens with one attached hydrogen (secondary N) is 1. The number of anilines is 1. The summed E-state index contributed by atoms with van der Waals surface area (Å²) in [5, 5.41) is 7.82. The number of hydrogen-bond donors (Lipinski definition) is 1. The van der Waals surface area contributed by atoms with E-state index in [1.54, 1.807) is 0 Å². The Labute approximate surface area is 115 Å². The number of rotatable bonds is 6. The van der Waals surface area contributed by atoms with E-state index >= 15 is 0 Å². The van der Waals surface area contributed by atoms with Gasteiger partial charge >= 0.3 is 0 Å². The first-order valence-electron chi connectivity index (χ1n) is 7.10. The second-order valence-corrected chi connectivity index (χ2v) is 4.94. The van der Waals surface area contributed by atoms with Crippen molar-refractivity contribution in [3.05, 3.63) is 47.8 Å². The molecule has 2 aromatic rings. The van der Waals surface area contributed by atoms with Crippen molar-refractivity contribution in [3.63, 3.8) is 0 Å². The molecule has 19 heavy (non-hydrogen) atoms. The Balaban J connectivity index is 1.99. The number of aromatic nitrogens is 2. The summed E-state index contributed by atoms with van der Waals surface area (Å²) >= 11 is 0. The second kappa shape index (κ2) is 6.41. The summed E-state index contributed by atoms with van der Waals surface area (Å²) in [5.41, 5.74) is 3.79. The van der Waals surface area contributed by atoms with E-state index in [2.05, 4.69) is 61.6 Å². The zero-order valence-corrected chi connectivity index (χ0v) is 12.1. The van der Waals surface area contributed by atoms with Crippen LogP contribution < -0.4 is 5.32 Å². The van der Waals surface area contributed by atoms with Crippen LogP contribution in [0.2, 0.25) is 0 Å². The minimum absolute atomic E-state index is 0.275. The molecule has 1 unspecified atom stereocenters. The highest BCUT2D eigenvalue weighted by molar-refractivity contribution is 5.46. The summed E-state index contributed by atoms with van der Waals surface area (Å²) in [5.74, 6) is 0. The quantitative estimate of drug-likeness (QED) is 0.846. The third-order valence-corrected chi connectivity index (χ3v) is 3.35. The minimum atomic E-state index is 0.275. The molecule has 2 rings (SSSR count). The Kier molecular flexibility index (Phi) is 4.61. The van der Waals surface area contributed by atoms with Crippen molar-refractivity contribution < 1.29 is 0 Å². The molecule has 1 N–H and O–H groups in total. The summed E-state index contributed by atoms with van der Waals surface area (Å²) in [7, 11) is 0. The van der Waals surface area contributed by atoms with Gasteiger partial charge in [0.25, 0.3) is 0 Å². The van der Waals surface area contributed by atoms with Gasteiger partial charge in [0.15, 0.2) is 0 Å². The lowest BCUT2D eigenvalue weighted by Crippen LogP contribution is -2.05. The van der Waals surface area contributed by atoms with E-state index in [0.29, 0.717) is 0 Å². The summed E-state index contributed by atoms with van der Waals surface area (Å²) in [4.78, 5) is 0. The third kappa shape index (κ3) is 3.60. The van der Waals surface area contributed by atoms with Crippen LogP contribution in [0.15, 0.2) is 36.7 Å². The van der Waals surface area contributed by atoms with Gasteiger partial charge in [-0.3, -0.25) is 4.68 Å². The van der Waals surface area contributed by atoms with Crippen LogP contribution in [0.1, 0.15) is 44.4 Å².